The van der Waals surface area contributed by atoms with Gasteiger partial charge in [-0.2, -0.15) is 0 Å². The third kappa shape index (κ3) is 5.09. The van der Waals surface area contributed by atoms with Gasteiger partial charge in [-0.05, 0) is 19.4 Å². The maximum Gasteiger partial charge on any atom is 0.234 e. The van der Waals surface area contributed by atoms with Gasteiger partial charge in [0.2, 0.25) is 5.91 Å². The van der Waals surface area contributed by atoms with E-state index < -0.39 is 0 Å². The Balaban J connectivity index is 1.57. The summed E-state index contributed by atoms with van der Waals surface area (Å²) in [4.78, 5) is 14.1. The Kier molecular flexibility index (Phi) is 6.07. The second kappa shape index (κ2) is 7.82. The minimum absolute atomic E-state index is 0.0871. The van der Waals surface area contributed by atoms with Crippen LogP contribution in [-0.4, -0.2) is 62.3 Å². The van der Waals surface area contributed by atoms with Gasteiger partial charge in [0.25, 0.3) is 0 Å². The molecule has 0 aromatic rings. The third-order valence-corrected chi connectivity index (χ3v) is 4.10. The standard InChI is InChI=1S/C14H27N3O2/c1-2-17-7-8-19-13(11-17)9-16-14(18)10-15-12-5-3-4-6-12/h12-13,15H,2-11H2,1H3,(H,16,18). The lowest BCUT2D eigenvalue weighted by molar-refractivity contribution is -0.121. The first kappa shape index (κ1) is 14.8. The predicted octanol–water partition coefficient (Wildman–Crippen LogP) is 0.356. The van der Waals surface area contributed by atoms with E-state index in [0.717, 1.165) is 26.2 Å². The van der Waals surface area contributed by atoms with Crippen LogP contribution in [-0.2, 0) is 9.53 Å². The van der Waals surface area contributed by atoms with E-state index in [9.17, 15) is 4.79 Å². The number of hydrogen-bond donors (Lipinski definition) is 2. The fraction of sp³-hybridized carbons (Fsp3) is 0.929. The number of carbonyl (C=O) groups excluding carboxylic acids is 1. The monoisotopic (exact) mass is 269 g/mol. The molecule has 0 radical (unpaired) electrons. The quantitative estimate of drug-likeness (QED) is 0.731. The zero-order chi connectivity index (χ0) is 13.5. The average molecular weight is 269 g/mol. The number of nitrogens with one attached hydrogen (secondary N) is 2. The highest BCUT2D eigenvalue weighted by Crippen LogP contribution is 2.17. The molecule has 1 aliphatic carbocycles. The molecule has 2 N–H and O–H groups in total. The summed E-state index contributed by atoms with van der Waals surface area (Å²) in [5.74, 6) is 0.0871. The van der Waals surface area contributed by atoms with Crippen LogP contribution in [0.3, 0.4) is 0 Å². The molecule has 1 aliphatic heterocycles. The SMILES string of the molecule is CCN1CCOC(CNC(=O)CNC2CCCC2)C1. The molecule has 2 aliphatic rings. The Morgan fingerprint density at radius 1 is 1.37 bits per heavy atom. The second-order valence-corrected chi connectivity index (χ2v) is 5.55. The fourth-order valence-electron chi connectivity index (χ4n) is 2.85. The Hall–Kier alpha value is -0.650. The molecule has 0 aromatic carbocycles. The van der Waals surface area contributed by atoms with Gasteiger partial charge in [0.1, 0.15) is 0 Å². The summed E-state index contributed by atoms with van der Waals surface area (Å²) in [7, 11) is 0. The Morgan fingerprint density at radius 3 is 2.89 bits per heavy atom. The van der Waals surface area contributed by atoms with Gasteiger partial charge in [0.15, 0.2) is 0 Å². The smallest absolute Gasteiger partial charge is 0.234 e. The lowest BCUT2D eigenvalue weighted by atomic mass is 10.2. The van der Waals surface area contributed by atoms with E-state index in [-0.39, 0.29) is 12.0 Å². The molecular formula is C14H27N3O2. The fourth-order valence-corrected chi connectivity index (χ4v) is 2.85. The van der Waals surface area contributed by atoms with Crippen molar-refractivity contribution in [2.75, 3.05) is 39.3 Å². The molecular weight excluding hydrogens is 242 g/mol. The lowest BCUT2D eigenvalue weighted by Crippen LogP contribution is -2.48. The van der Waals surface area contributed by atoms with Crippen LogP contribution in [0.4, 0.5) is 0 Å². The first-order chi connectivity index (χ1) is 9.28. The first-order valence-corrected chi connectivity index (χ1v) is 7.62. The summed E-state index contributed by atoms with van der Waals surface area (Å²) in [5.41, 5.74) is 0. The van der Waals surface area contributed by atoms with Gasteiger partial charge >= 0.3 is 0 Å². The molecule has 1 atom stereocenters. The van der Waals surface area contributed by atoms with Crippen molar-refractivity contribution in [1.82, 2.24) is 15.5 Å². The predicted molar refractivity (Wildman–Crippen MR) is 75.1 cm³/mol. The van der Waals surface area contributed by atoms with Gasteiger partial charge in [-0.15, -0.1) is 0 Å². The number of morpholine rings is 1. The molecule has 19 heavy (non-hydrogen) atoms. The van der Waals surface area contributed by atoms with Crippen LogP contribution in [0.15, 0.2) is 0 Å². The molecule has 0 bridgehead atoms. The molecule has 110 valence electrons. The molecule has 1 saturated carbocycles. The molecule has 1 saturated heterocycles. The highest BCUT2D eigenvalue weighted by molar-refractivity contribution is 5.78. The molecule has 1 amide bonds. The number of rotatable bonds is 6. The lowest BCUT2D eigenvalue weighted by Gasteiger charge is -2.32. The van der Waals surface area contributed by atoms with Gasteiger partial charge < -0.3 is 15.4 Å². The molecule has 5 nitrogen and oxygen atoms in total. The van der Waals surface area contributed by atoms with Gasteiger partial charge in [-0.25, -0.2) is 0 Å². The number of amides is 1. The summed E-state index contributed by atoms with van der Waals surface area (Å²) >= 11 is 0. The normalized spacial score (nSPS) is 25.6. The number of nitrogens with zero attached hydrogens (tertiary/aromatic N) is 1. The first-order valence-electron chi connectivity index (χ1n) is 7.62. The van der Waals surface area contributed by atoms with Gasteiger partial charge in [-0.1, -0.05) is 19.8 Å². The minimum atomic E-state index is 0.0871. The number of likely N-dealkylation sites (N-methyl/N-ethyl adjacent to an activating group) is 1. The van der Waals surface area contributed by atoms with E-state index in [2.05, 4.69) is 22.5 Å². The van der Waals surface area contributed by atoms with E-state index in [0.29, 0.717) is 19.1 Å². The second-order valence-electron chi connectivity index (χ2n) is 5.55. The molecule has 0 spiro atoms. The summed E-state index contributed by atoms with van der Waals surface area (Å²) in [6, 6.07) is 0.548. The van der Waals surface area contributed by atoms with E-state index in [1.54, 1.807) is 0 Å². The van der Waals surface area contributed by atoms with Crippen LogP contribution in [0.5, 0.6) is 0 Å². The van der Waals surface area contributed by atoms with Crippen molar-refractivity contribution < 1.29 is 9.53 Å². The molecule has 2 fully saturated rings. The van der Waals surface area contributed by atoms with E-state index in [4.69, 9.17) is 4.74 Å². The van der Waals surface area contributed by atoms with Crippen molar-refractivity contribution in [2.45, 2.75) is 44.8 Å². The summed E-state index contributed by atoms with van der Waals surface area (Å²) in [5, 5.41) is 6.29. The van der Waals surface area contributed by atoms with Crippen LogP contribution in [0.2, 0.25) is 0 Å². The van der Waals surface area contributed by atoms with E-state index in [1.165, 1.54) is 25.7 Å². The van der Waals surface area contributed by atoms with Crippen molar-refractivity contribution in [2.24, 2.45) is 0 Å². The van der Waals surface area contributed by atoms with Crippen LogP contribution >= 0.6 is 0 Å². The van der Waals surface area contributed by atoms with Crippen LogP contribution in [0, 0.1) is 0 Å². The van der Waals surface area contributed by atoms with E-state index in [1.807, 2.05) is 0 Å². The topological polar surface area (TPSA) is 53.6 Å². The van der Waals surface area contributed by atoms with E-state index >= 15 is 0 Å². The Labute approximate surface area is 116 Å². The van der Waals surface area contributed by atoms with Crippen molar-refractivity contribution >= 4 is 5.91 Å². The minimum Gasteiger partial charge on any atom is -0.374 e. The highest BCUT2D eigenvalue weighted by Gasteiger charge is 2.20. The van der Waals surface area contributed by atoms with Crippen LogP contribution in [0.1, 0.15) is 32.6 Å². The molecule has 5 heteroatoms. The molecule has 1 heterocycles. The summed E-state index contributed by atoms with van der Waals surface area (Å²) in [6.45, 7) is 6.98. The number of hydrogen-bond acceptors (Lipinski definition) is 4. The highest BCUT2D eigenvalue weighted by atomic mass is 16.5. The zero-order valence-electron chi connectivity index (χ0n) is 12.0. The Bertz CT molecular complexity index is 280. The largest absolute Gasteiger partial charge is 0.374 e. The van der Waals surface area contributed by atoms with Crippen molar-refractivity contribution in [1.29, 1.82) is 0 Å². The summed E-state index contributed by atoms with van der Waals surface area (Å²) in [6.07, 6.45) is 5.16. The third-order valence-electron chi connectivity index (χ3n) is 4.10. The van der Waals surface area contributed by atoms with Crippen LogP contribution < -0.4 is 10.6 Å². The van der Waals surface area contributed by atoms with Gasteiger partial charge in [0, 0.05) is 25.7 Å². The summed E-state index contributed by atoms with van der Waals surface area (Å²) < 4.78 is 5.66. The van der Waals surface area contributed by atoms with Gasteiger partial charge in [-0.3, -0.25) is 9.69 Å². The average Bonchev–Trinajstić information content (AvgIpc) is 2.96. The number of ether oxygens (including phenoxy) is 1. The van der Waals surface area contributed by atoms with Gasteiger partial charge in [0.05, 0.1) is 19.3 Å². The van der Waals surface area contributed by atoms with Crippen molar-refractivity contribution in [3.05, 3.63) is 0 Å². The van der Waals surface area contributed by atoms with Crippen molar-refractivity contribution in [3.63, 3.8) is 0 Å². The molecule has 1 unspecified atom stereocenters. The van der Waals surface area contributed by atoms with Crippen LogP contribution in [0.25, 0.3) is 0 Å². The maximum atomic E-state index is 11.8. The Morgan fingerprint density at radius 2 is 2.16 bits per heavy atom. The zero-order valence-corrected chi connectivity index (χ0v) is 12.0. The van der Waals surface area contributed by atoms with Crippen molar-refractivity contribution in [3.8, 4) is 0 Å². The molecule has 0 aromatic heterocycles. The maximum absolute atomic E-state index is 11.8. The molecule has 2 rings (SSSR count). The number of carbonyl (C=O) groups is 1.